The largest absolute Gasteiger partial charge is 0.421 e. The molecule has 1 aromatic heterocycles. The lowest BCUT2D eigenvalue weighted by Crippen LogP contribution is -2.42. The second kappa shape index (κ2) is 13.8. The Morgan fingerprint density at radius 3 is 2.42 bits per heavy atom. The molecule has 0 bridgehead atoms. The Hall–Kier alpha value is -4.98. The topological polar surface area (TPSA) is 138 Å². The van der Waals surface area contributed by atoms with Gasteiger partial charge in [0.25, 0.3) is 5.91 Å². The van der Waals surface area contributed by atoms with Crippen molar-refractivity contribution in [3.8, 4) is 0 Å². The summed E-state index contributed by atoms with van der Waals surface area (Å²) >= 11 is 0. The maximum atomic E-state index is 13.8. The van der Waals surface area contributed by atoms with E-state index < -0.39 is 23.5 Å². The molecule has 11 nitrogen and oxygen atoms in total. The SMILES string of the molecule is C=CC(=O)N1CCC(C(=O)NCc2ccc(Nc3ncc(C(F)(F)F)c(Nc4ccccc4C(=O)NOC)n3)cc2)CC1. The van der Waals surface area contributed by atoms with Crippen molar-refractivity contribution in [3.05, 3.63) is 84.1 Å². The Labute approximate surface area is 245 Å². The number of rotatable bonds is 10. The van der Waals surface area contributed by atoms with Crippen molar-refractivity contribution in [3.63, 3.8) is 0 Å². The summed E-state index contributed by atoms with van der Waals surface area (Å²) in [5.74, 6) is -1.74. The summed E-state index contributed by atoms with van der Waals surface area (Å²) in [5, 5.41) is 8.38. The van der Waals surface area contributed by atoms with Crippen LogP contribution in [0.25, 0.3) is 0 Å². The van der Waals surface area contributed by atoms with E-state index in [4.69, 9.17) is 0 Å². The van der Waals surface area contributed by atoms with Crippen LogP contribution >= 0.6 is 0 Å². The molecule has 1 saturated heterocycles. The summed E-state index contributed by atoms with van der Waals surface area (Å²) in [6.45, 7) is 4.77. The third-order valence-electron chi connectivity index (χ3n) is 6.74. The predicted molar refractivity (Wildman–Crippen MR) is 152 cm³/mol. The van der Waals surface area contributed by atoms with Crippen LogP contribution in [0.2, 0.25) is 0 Å². The summed E-state index contributed by atoms with van der Waals surface area (Å²) in [7, 11) is 1.24. The van der Waals surface area contributed by atoms with Crippen LogP contribution in [-0.2, 0) is 27.1 Å². The smallest absolute Gasteiger partial charge is 0.352 e. The maximum Gasteiger partial charge on any atom is 0.421 e. The number of aromatic nitrogens is 2. The number of anilines is 4. The van der Waals surface area contributed by atoms with Gasteiger partial charge in [0.1, 0.15) is 11.4 Å². The monoisotopic (exact) mass is 597 g/mol. The lowest BCUT2D eigenvalue weighted by Gasteiger charge is -2.30. The zero-order valence-electron chi connectivity index (χ0n) is 23.2. The number of likely N-dealkylation sites (tertiary alicyclic amines) is 1. The molecule has 14 heteroatoms. The molecule has 2 aromatic carbocycles. The number of halogens is 3. The van der Waals surface area contributed by atoms with Crippen LogP contribution < -0.4 is 21.4 Å². The van der Waals surface area contributed by atoms with Crippen molar-refractivity contribution in [2.75, 3.05) is 30.8 Å². The number of piperidine rings is 1. The van der Waals surface area contributed by atoms with Gasteiger partial charge in [-0.25, -0.2) is 10.5 Å². The standard InChI is InChI=1S/C29H30F3N7O4/c1-3-24(40)39-14-12-19(13-15-39)26(41)33-16-18-8-10-20(11-9-18)35-28-34-17-22(29(30,31)32)25(37-28)36-23-7-5-4-6-21(23)27(42)38-43-2/h3-11,17,19H,1,12-16H2,2H3,(H,33,41)(H,38,42)(H2,34,35,36,37). The van der Waals surface area contributed by atoms with Gasteiger partial charge in [0.2, 0.25) is 17.8 Å². The van der Waals surface area contributed by atoms with Crippen molar-refractivity contribution in [2.24, 2.45) is 5.92 Å². The third kappa shape index (κ3) is 8.07. The minimum atomic E-state index is -4.77. The van der Waals surface area contributed by atoms with Gasteiger partial charge in [-0.2, -0.15) is 18.2 Å². The van der Waals surface area contributed by atoms with Crippen LogP contribution in [0, 0.1) is 5.92 Å². The molecule has 0 saturated carbocycles. The zero-order chi connectivity index (χ0) is 31.0. The third-order valence-corrected chi connectivity index (χ3v) is 6.74. The Balaban J connectivity index is 1.41. The molecule has 1 fully saturated rings. The average molecular weight is 598 g/mol. The molecule has 4 rings (SSSR count). The van der Waals surface area contributed by atoms with Crippen molar-refractivity contribution < 1.29 is 32.4 Å². The Kier molecular flexibility index (Phi) is 9.93. The number of hydroxylamine groups is 1. The molecule has 3 aromatic rings. The lowest BCUT2D eigenvalue weighted by molar-refractivity contribution is -0.137. The highest BCUT2D eigenvalue weighted by Crippen LogP contribution is 2.36. The van der Waals surface area contributed by atoms with Crippen LogP contribution in [0.3, 0.4) is 0 Å². The number of alkyl halides is 3. The second-order valence-electron chi connectivity index (χ2n) is 9.60. The van der Waals surface area contributed by atoms with Crippen LogP contribution in [-0.4, -0.2) is 52.8 Å². The van der Waals surface area contributed by atoms with Gasteiger partial charge in [0, 0.05) is 37.4 Å². The molecule has 0 radical (unpaired) electrons. The van der Waals surface area contributed by atoms with E-state index in [0.717, 1.165) is 5.56 Å². The van der Waals surface area contributed by atoms with Gasteiger partial charge in [-0.15, -0.1) is 0 Å². The molecule has 1 aliphatic rings. The first-order valence-electron chi connectivity index (χ1n) is 13.3. The number of benzene rings is 2. The highest BCUT2D eigenvalue weighted by atomic mass is 19.4. The van der Waals surface area contributed by atoms with Crippen LogP contribution in [0.1, 0.15) is 34.3 Å². The van der Waals surface area contributed by atoms with Gasteiger partial charge in [-0.1, -0.05) is 30.8 Å². The van der Waals surface area contributed by atoms with E-state index >= 15 is 0 Å². The zero-order valence-corrected chi connectivity index (χ0v) is 23.2. The van der Waals surface area contributed by atoms with Crippen LogP contribution in [0.15, 0.2) is 67.4 Å². The first kappa shape index (κ1) is 31.0. The molecule has 0 atom stereocenters. The van der Waals surface area contributed by atoms with Gasteiger partial charge in [-0.3, -0.25) is 19.2 Å². The van der Waals surface area contributed by atoms with Crippen LogP contribution in [0.4, 0.5) is 36.3 Å². The molecular formula is C29H30F3N7O4. The molecule has 1 aliphatic heterocycles. The molecule has 0 aliphatic carbocycles. The van der Waals surface area contributed by atoms with Crippen molar-refractivity contribution in [1.82, 2.24) is 25.7 Å². The number of hydrogen-bond donors (Lipinski definition) is 4. The van der Waals surface area contributed by atoms with E-state index in [1.54, 1.807) is 41.3 Å². The van der Waals surface area contributed by atoms with Crippen molar-refractivity contribution in [1.29, 1.82) is 0 Å². The molecule has 43 heavy (non-hydrogen) atoms. The van der Waals surface area contributed by atoms with E-state index in [0.29, 0.717) is 37.8 Å². The molecule has 226 valence electrons. The molecule has 0 unspecified atom stereocenters. The number of nitrogens with zero attached hydrogens (tertiary/aromatic N) is 3. The Morgan fingerprint density at radius 2 is 1.77 bits per heavy atom. The summed E-state index contributed by atoms with van der Waals surface area (Å²) in [5.41, 5.74) is 2.44. The molecule has 4 N–H and O–H groups in total. The van der Waals surface area contributed by atoms with Gasteiger partial charge in [0.15, 0.2) is 0 Å². The van der Waals surface area contributed by atoms with E-state index in [-0.39, 0.29) is 41.5 Å². The number of amides is 3. The fourth-order valence-electron chi connectivity index (χ4n) is 4.47. The lowest BCUT2D eigenvalue weighted by atomic mass is 9.95. The Morgan fingerprint density at radius 1 is 1.07 bits per heavy atom. The van der Waals surface area contributed by atoms with E-state index in [9.17, 15) is 27.6 Å². The molecule has 3 amide bonds. The van der Waals surface area contributed by atoms with Gasteiger partial charge >= 0.3 is 6.18 Å². The molecular weight excluding hydrogens is 567 g/mol. The summed E-state index contributed by atoms with van der Waals surface area (Å²) in [4.78, 5) is 50.8. The molecule has 0 spiro atoms. The highest BCUT2D eigenvalue weighted by Gasteiger charge is 2.35. The van der Waals surface area contributed by atoms with Crippen LogP contribution in [0.5, 0.6) is 0 Å². The maximum absolute atomic E-state index is 13.8. The first-order valence-corrected chi connectivity index (χ1v) is 13.3. The fourth-order valence-corrected chi connectivity index (χ4v) is 4.47. The highest BCUT2D eigenvalue weighted by molar-refractivity contribution is 5.99. The Bertz CT molecular complexity index is 1470. The van der Waals surface area contributed by atoms with Gasteiger partial charge < -0.3 is 20.9 Å². The van der Waals surface area contributed by atoms with Crippen molar-refractivity contribution >= 4 is 40.9 Å². The fraction of sp³-hybridized carbons (Fsp3) is 0.276. The first-order chi connectivity index (χ1) is 20.6. The summed E-state index contributed by atoms with van der Waals surface area (Å²) in [6, 6.07) is 12.8. The predicted octanol–water partition coefficient (Wildman–Crippen LogP) is 4.31. The van der Waals surface area contributed by atoms with E-state index in [1.807, 2.05) is 0 Å². The number of nitrogens with one attached hydrogen (secondary N) is 4. The molecule has 2 heterocycles. The number of hydrogen-bond acceptors (Lipinski definition) is 8. The minimum absolute atomic E-state index is 0.0431. The number of para-hydroxylation sites is 1. The quantitative estimate of drug-likeness (QED) is 0.200. The van der Waals surface area contributed by atoms with Gasteiger partial charge in [0.05, 0.1) is 18.4 Å². The van der Waals surface area contributed by atoms with Gasteiger partial charge in [-0.05, 0) is 48.7 Å². The normalized spacial score (nSPS) is 13.6. The van der Waals surface area contributed by atoms with E-state index in [2.05, 4.69) is 42.8 Å². The number of carbonyl (C=O) groups is 3. The average Bonchev–Trinajstić information content (AvgIpc) is 3.00. The van der Waals surface area contributed by atoms with Crippen molar-refractivity contribution in [2.45, 2.75) is 25.6 Å². The minimum Gasteiger partial charge on any atom is -0.352 e. The van der Waals surface area contributed by atoms with E-state index in [1.165, 1.54) is 25.3 Å². The second-order valence-corrected chi connectivity index (χ2v) is 9.60. The summed E-state index contributed by atoms with van der Waals surface area (Å²) < 4.78 is 41.3. The number of carbonyl (C=O) groups excluding carboxylic acids is 3. The summed E-state index contributed by atoms with van der Waals surface area (Å²) in [6.07, 6.45) is -1.70.